The second-order valence-electron chi connectivity index (χ2n) is 8.42. The molecule has 1 N–H and O–H groups in total. The van der Waals surface area contributed by atoms with Crippen molar-refractivity contribution in [3.63, 3.8) is 0 Å². The number of anilines is 1. The molecular weight excluding hydrogens is 423 g/mol. The highest BCUT2D eigenvalue weighted by molar-refractivity contribution is 6.31. The fourth-order valence-corrected chi connectivity index (χ4v) is 4.13. The van der Waals surface area contributed by atoms with E-state index >= 15 is 0 Å². The highest BCUT2D eigenvalue weighted by atomic mass is 35.5. The molecule has 0 spiro atoms. The Morgan fingerprint density at radius 1 is 1.00 bits per heavy atom. The van der Waals surface area contributed by atoms with E-state index in [9.17, 15) is 4.39 Å². The number of piperazine rings is 1. The summed E-state index contributed by atoms with van der Waals surface area (Å²) in [5.74, 6) is -0.234. The molecule has 168 valence electrons. The van der Waals surface area contributed by atoms with E-state index in [1.165, 1.54) is 31.6 Å². The number of nitrogens with zero attached hydrogens (tertiary/aromatic N) is 3. The Balaban J connectivity index is 1.41. The maximum atomic E-state index is 13.1. The van der Waals surface area contributed by atoms with Crippen molar-refractivity contribution in [1.82, 2.24) is 14.8 Å². The molecule has 1 aromatic heterocycles. The number of benzene rings is 2. The van der Waals surface area contributed by atoms with Crippen LogP contribution in [0.15, 0.2) is 48.5 Å². The number of aromatic nitrogens is 1. The summed E-state index contributed by atoms with van der Waals surface area (Å²) in [5, 5.41) is 5.32. The lowest BCUT2D eigenvalue weighted by atomic mass is 10.1. The Bertz CT molecular complexity index is 1060. The second-order valence-corrected chi connectivity index (χ2v) is 8.86. The van der Waals surface area contributed by atoms with Crippen molar-refractivity contribution >= 4 is 40.3 Å². The average molecular weight is 453 g/mol. The monoisotopic (exact) mass is 452 g/mol. The molecule has 4 nitrogen and oxygen atoms in total. The van der Waals surface area contributed by atoms with Gasteiger partial charge in [0.2, 0.25) is 0 Å². The smallest absolute Gasteiger partial charge is 0.123 e. The molecule has 0 atom stereocenters. The van der Waals surface area contributed by atoms with Crippen LogP contribution in [0.1, 0.15) is 24.1 Å². The molecule has 0 radical (unpaired) electrons. The molecular formula is C26H30ClFN4. The van der Waals surface area contributed by atoms with Crippen molar-refractivity contribution in [2.24, 2.45) is 0 Å². The Morgan fingerprint density at radius 2 is 1.78 bits per heavy atom. The molecule has 0 saturated carbocycles. The van der Waals surface area contributed by atoms with E-state index in [1.807, 2.05) is 30.4 Å². The van der Waals surface area contributed by atoms with Crippen LogP contribution in [0.5, 0.6) is 0 Å². The highest BCUT2D eigenvalue weighted by Crippen LogP contribution is 2.27. The number of unbranched alkanes of at least 4 members (excludes halogenated alkanes) is 1. The zero-order valence-corrected chi connectivity index (χ0v) is 19.3. The second kappa shape index (κ2) is 10.9. The maximum Gasteiger partial charge on any atom is 0.123 e. The van der Waals surface area contributed by atoms with Gasteiger partial charge in [-0.3, -0.25) is 0 Å². The fraction of sp³-hybridized carbons (Fsp3) is 0.346. The molecule has 4 rings (SSSR count). The van der Waals surface area contributed by atoms with Crippen molar-refractivity contribution in [2.75, 3.05) is 51.6 Å². The average Bonchev–Trinajstić information content (AvgIpc) is 2.80. The van der Waals surface area contributed by atoms with Crippen LogP contribution >= 0.6 is 11.6 Å². The molecule has 1 aliphatic heterocycles. The van der Waals surface area contributed by atoms with E-state index in [0.29, 0.717) is 5.02 Å². The third-order valence-electron chi connectivity index (χ3n) is 5.92. The van der Waals surface area contributed by atoms with Gasteiger partial charge in [-0.2, -0.15) is 0 Å². The fourth-order valence-electron chi connectivity index (χ4n) is 3.96. The van der Waals surface area contributed by atoms with Crippen LogP contribution < -0.4 is 5.32 Å². The molecule has 1 fully saturated rings. The minimum atomic E-state index is -0.234. The summed E-state index contributed by atoms with van der Waals surface area (Å²) in [7, 11) is 2.19. The summed E-state index contributed by atoms with van der Waals surface area (Å²) >= 11 is 6.26. The number of pyridine rings is 1. The van der Waals surface area contributed by atoms with Crippen LogP contribution in [0.4, 0.5) is 10.1 Å². The largest absolute Gasteiger partial charge is 0.384 e. The molecule has 0 unspecified atom stereocenters. The maximum absolute atomic E-state index is 13.1. The van der Waals surface area contributed by atoms with E-state index in [2.05, 4.69) is 28.2 Å². The molecule has 0 amide bonds. The van der Waals surface area contributed by atoms with Gasteiger partial charge >= 0.3 is 0 Å². The van der Waals surface area contributed by atoms with E-state index in [4.69, 9.17) is 16.6 Å². The summed E-state index contributed by atoms with van der Waals surface area (Å²) < 4.78 is 13.1. The van der Waals surface area contributed by atoms with E-state index in [1.54, 1.807) is 12.1 Å². The Labute approximate surface area is 194 Å². The lowest BCUT2D eigenvalue weighted by Crippen LogP contribution is -2.44. The van der Waals surface area contributed by atoms with Gasteiger partial charge in [-0.1, -0.05) is 29.8 Å². The number of halogens is 2. The van der Waals surface area contributed by atoms with Gasteiger partial charge in [0.25, 0.3) is 0 Å². The predicted molar refractivity (Wildman–Crippen MR) is 134 cm³/mol. The number of likely N-dealkylation sites (N-methyl/N-ethyl adjacent to an activating group) is 1. The Hall–Kier alpha value is -2.47. The molecule has 3 aromatic rings. The minimum Gasteiger partial charge on any atom is -0.384 e. The van der Waals surface area contributed by atoms with Crippen LogP contribution in [0, 0.1) is 5.82 Å². The first kappa shape index (κ1) is 22.7. The van der Waals surface area contributed by atoms with Gasteiger partial charge in [0.15, 0.2) is 0 Å². The first-order chi connectivity index (χ1) is 15.6. The number of nitrogens with one attached hydrogen (secondary N) is 1. The number of rotatable bonds is 8. The van der Waals surface area contributed by atoms with Crippen molar-refractivity contribution in [3.05, 3.63) is 70.6 Å². The van der Waals surface area contributed by atoms with Crippen LogP contribution in [0.25, 0.3) is 23.1 Å². The first-order valence-corrected chi connectivity index (χ1v) is 11.6. The quantitative estimate of drug-likeness (QED) is 0.448. The summed E-state index contributed by atoms with van der Waals surface area (Å²) in [6.07, 6.45) is 6.19. The van der Waals surface area contributed by atoms with Crippen molar-refractivity contribution in [1.29, 1.82) is 0 Å². The molecule has 2 heterocycles. The molecule has 1 aliphatic rings. The zero-order valence-electron chi connectivity index (χ0n) is 18.5. The van der Waals surface area contributed by atoms with Crippen LogP contribution in [0.3, 0.4) is 0 Å². The molecule has 0 bridgehead atoms. The van der Waals surface area contributed by atoms with Crippen LogP contribution in [-0.2, 0) is 0 Å². The number of fused-ring (bicyclic) bond motifs is 1. The van der Waals surface area contributed by atoms with E-state index < -0.39 is 0 Å². The summed E-state index contributed by atoms with van der Waals surface area (Å²) in [4.78, 5) is 9.70. The van der Waals surface area contributed by atoms with Gasteiger partial charge in [0.05, 0.1) is 11.2 Å². The molecule has 0 aliphatic carbocycles. The highest BCUT2D eigenvalue weighted by Gasteiger charge is 2.12. The third kappa shape index (κ3) is 6.28. The predicted octanol–water partition coefficient (Wildman–Crippen LogP) is 5.64. The van der Waals surface area contributed by atoms with E-state index in [-0.39, 0.29) is 5.82 Å². The van der Waals surface area contributed by atoms with Crippen molar-refractivity contribution in [3.8, 4) is 0 Å². The lowest BCUT2D eigenvalue weighted by molar-refractivity contribution is 0.152. The summed E-state index contributed by atoms with van der Waals surface area (Å²) in [6, 6.07) is 14.3. The number of hydrogen-bond acceptors (Lipinski definition) is 4. The van der Waals surface area contributed by atoms with Gasteiger partial charge in [-0.15, -0.1) is 0 Å². The molecule has 6 heteroatoms. The SMILES string of the molecule is CN1CCN(CCCCNc2cc(/C=C/c3ccc(F)cc3)nc3ccc(Cl)cc23)CC1. The number of hydrogen-bond donors (Lipinski definition) is 1. The molecule has 32 heavy (non-hydrogen) atoms. The Morgan fingerprint density at radius 3 is 2.56 bits per heavy atom. The summed E-state index contributed by atoms with van der Waals surface area (Å²) in [5.41, 5.74) is 3.72. The van der Waals surface area contributed by atoms with Gasteiger partial charge in [0.1, 0.15) is 5.82 Å². The van der Waals surface area contributed by atoms with Crippen LogP contribution in [0.2, 0.25) is 5.02 Å². The van der Waals surface area contributed by atoms with Gasteiger partial charge < -0.3 is 15.1 Å². The van der Waals surface area contributed by atoms with E-state index in [0.717, 1.165) is 60.4 Å². The standard InChI is InChI=1S/C26H30ClFN4/c1-31-14-16-32(17-15-31)13-3-2-12-29-26-19-23(10-6-20-4-8-22(28)9-5-20)30-25-11-7-21(27)18-24(25)26/h4-11,18-19H,2-3,12-17H2,1H3,(H,29,30)/b10-6+. The third-order valence-corrected chi connectivity index (χ3v) is 6.15. The van der Waals surface area contributed by atoms with Gasteiger partial charge in [-0.25, -0.2) is 9.37 Å². The lowest BCUT2D eigenvalue weighted by Gasteiger charge is -2.32. The van der Waals surface area contributed by atoms with Gasteiger partial charge in [-0.05, 0) is 74.5 Å². The normalized spacial score (nSPS) is 15.6. The first-order valence-electron chi connectivity index (χ1n) is 11.3. The molecule has 1 saturated heterocycles. The van der Waals surface area contributed by atoms with Crippen LogP contribution in [-0.4, -0.2) is 61.1 Å². The molecule has 2 aromatic carbocycles. The topological polar surface area (TPSA) is 31.4 Å². The summed E-state index contributed by atoms with van der Waals surface area (Å²) in [6.45, 7) is 6.72. The van der Waals surface area contributed by atoms with Crippen molar-refractivity contribution in [2.45, 2.75) is 12.8 Å². The zero-order chi connectivity index (χ0) is 22.3. The van der Waals surface area contributed by atoms with Gasteiger partial charge in [0, 0.05) is 48.8 Å². The minimum absolute atomic E-state index is 0.234. The Kier molecular flexibility index (Phi) is 7.74. The van der Waals surface area contributed by atoms with Crippen molar-refractivity contribution < 1.29 is 4.39 Å².